The van der Waals surface area contributed by atoms with E-state index in [1.54, 1.807) is 29.7 Å². The van der Waals surface area contributed by atoms with E-state index in [0.29, 0.717) is 27.4 Å². The van der Waals surface area contributed by atoms with Gasteiger partial charge in [0, 0.05) is 12.7 Å². The van der Waals surface area contributed by atoms with E-state index >= 15 is 0 Å². The van der Waals surface area contributed by atoms with E-state index in [9.17, 15) is 4.79 Å². The Morgan fingerprint density at radius 1 is 1.60 bits per heavy atom. The molecule has 1 amide bonds. The van der Waals surface area contributed by atoms with Crippen molar-refractivity contribution in [2.24, 2.45) is 0 Å². The summed E-state index contributed by atoms with van der Waals surface area (Å²) in [6.45, 7) is 5.77. The van der Waals surface area contributed by atoms with Gasteiger partial charge in [0.05, 0.1) is 15.3 Å². The number of thioether (sulfide) groups is 1. The molecular formula is C12H12Cl2N4OS. The molecule has 0 aliphatic rings. The zero-order chi connectivity index (χ0) is 14.7. The second kappa shape index (κ2) is 6.47. The first kappa shape index (κ1) is 15.2. The Labute approximate surface area is 130 Å². The highest BCUT2D eigenvalue weighted by Crippen LogP contribution is 2.27. The number of carbonyl (C=O) groups is 1. The minimum Gasteiger partial charge on any atom is -0.352 e. The number of carbonyl (C=O) groups excluding carboxylic acids is 1. The predicted molar refractivity (Wildman–Crippen MR) is 81.5 cm³/mol. The molecular weight excluding hydrogens is 319 g/mol. The minimum absolute atomic E-state index is 0.0974. The van der Waals surface area contributed by atoms with Crippen LogP contribution in [0.5, 0.6) is 0 Å². The molecule has 0 spiro atoms. The van der Waals surface area contributed by atoms with Gasteiger partial charge >= 0.3 is 0 Å². The van der Waals surface area contributed by atoms with Crippen LogP contribution in [0.15, 0.2) is 30.1 Å². The van der Waals surface area contributed by atoms with Crippen molar-refractivity contribution in [1.82, 2.24) is 19.9 Å². The van der Waals surface area contributed by atoms with Crippen LogP contribution in [0.4, 0.5) is 0 Å². The van der Waals surface area contributed by atoms with Crippen LogP contribution >= 0.6 is 35.0 Å². The number of hydrogen-bond donors (Lipinski definition) is 1. The second-order valence-corrected chi connectivity index (χ2v) is 6.13. The van der Waals surface area contributed by atoms with E-state index < -0.39 is 0 Å². The molecule has 0 saturated carbocycles. The summed E-state index contributed by atoms with van der Waals surface area (Å²) < 4.78 is 1.67. The first-order valence-corrected chi connectivity index (χ1v) is 7.41. The third kappa shape index (κ3) is 3.26. The Morgan fingerprint density at radius 3 is 3.05 bits per heavy atom. The molecule has 0 aromatic carbocycles. The van der Waals surface area contributed by atoms with Crippen molar-refractivity contribution in [2.75, 3.05) is 6.54 Å². The Balaban J connectivity index is 2.21. The van der Waals surface area contributed by atoms with Crippen LogP contribution in [-0.2, 0) is 4.79 Å². The number of aromatic nitrogens is 3. The van der Waals surface area contributed by atoms with Gasteiger partial charge in [-0.05, 0) is 13.0 Å². The van der Waals surface area contributed by atoms with Crippen LogP contribution in [-0.4, -0.2) is 32.3 Å². The summed E-state index contributed by atoms with van der Waals surface area (Å²) in [6.07, 6.45) is 3.29. The molecule has 0 unspecified atom stereocenters. The van der Waals surface area contributed by atoms with Gasteiger partial charge in [-0.2, -0.15) is 0 Å². The first-order chi connectivity index (χ1) is 9.52. The van der Waals surface area contributed by atoms with E-state index in [2.05, 4.69) is 22.1 Å². The number of amides is 1. The van der Waals surface area contributed by atoms with Crippen LogP contribution in [0.25, 0.3) is 5.65 Å². The Hall–Kier alpha value is -1.24. The summed E-state index contributed by atoms with van der Waals surface area (Å²) in [6, 6.07) is 1.60. The van der Waals surface area contributed by atoms with Crippen LogP contribution in [0.2, 0.25) is 10.0 Å². The van der Waals surface area contributed by atoms with Gasteiger partial charge in [0.2, 0.25) is 5.91 Å². The maximum Gasteiger partial charge on any atom is 0.233 e. The van der Waals surface area contributed by atoms with E-state index in [1.165, 1.54) is 11.8 Å². The van der Waals surface area contributed by atoms with Gasteiger partial charge in [0.1, 0.15) is 0 Å². The molecule has 0 saturated heterocycles. The fourth-order valence-corrected chi connectivity index (χ4v) is 2.87. The summed E-state index contributed by atoms with van der Waals surface area (Å²) >= 11 is 13.3. The molecule has 5 nitrogen and oxygen atoms in total. The highest BCUT2D eigenvalue weighted by molar-refractivity contribution is 8.00. The monoisotopic (exact) mass is 330 g/mol. The zero-order valence-electron chi connectivity index (χ0n) is 10.6. The molecule has 1 N–H and O–H groups in total. The Morgan fingerprint density at radius 2 is 2.35 bits per heavy atom. The zero-order valence-corrected chi connectivity index (χ0v) is 13.0. The number of fused-ring (bicyclic) bond motifs is 1. The standard InChI is InChI=1S/C12H12Cl2N4OS/c1-3-4-15-11(19)7(2)20-12-17-16-10-9(14)5-8(13)6-18(10)12/h3,5-7H,1,4H2,2H3,(H,15,19)/t7-/m0/s1. The van der Waals surface area contributed by atoms with Crippen LogP contribution in [0.3, 0.4) is 0 Å². The Bertz CT molecular complexity index is 658. The normalized spacial score (nSPS) is 12.3. The smallest absolute Gasteiger partial charge is 0.233 e. The van der Waals surface area contributed by atoms with Crippen LogP contribution < -0.4 is 5.32 Å². The van der Waals surface area contributed by atoms with E-state index in [1.807, 2.05) is 0 Å². The van der Waals surface area contributed by atoms with Crippen molar-refractivity contribution in [3.05, 3.63) is 35.0 Å². The summed E-state index contributed by atoms with van der Waals surface area (Å²) in [4.78, 5) is 11.8. The Kier molecular flexibility index (Phi) is 4.91. The van der Waals surface area contributed by atoms with Gasteiger partial charge < -0.3 is 5.32 Å². The van der Waals surface area contributed by atoms with E-state index in [-0.39, 0.29) is 11.2 Å². The van der Waals surface area contributed by atoms with Gasteiger partial charge in [0.25, 0.3) is 0 Å². The molecule has 20 heavy (non-hydrogen) atoms. The molecule has 2 aromatic heterocycles. The summed E-state index contributed by atoms with van der Waals surface area (Å²) in [7, 11) is 0. The molecule has 1 atom stereocenters. The number of nitrogens with zero attached hydrogens (tertiary/aromatic N) is 3. The fourth-order valence-electron chi connectivity index (χ4n) is 1.51. The highest BCUT2D eigenvalue weighted by Gasteiger charge is 2.18. The summed E-state index contributed by atoms with van der Waals surface area (Å²) in [5.41, 5.74) is 0.511. The quantitative estimate of drug-likeness (QED) is 0.676. The molecule has 0 aliphatic heterocycles. The van der Waals surface area contributed by atoms with Crippen molar-refractivity contribution in [3.63, 3.8) is 0 Å². The number of nitrogens with one attached hydrogen (secondary N) is 1. The topological polar surface area (TPSA) is 59.3 Å². The van der Waals surface area contributed by atoms with E-state index in [0.717, 1.165) is 0 Å². The van der Waals surface area contributed by atoms with Crippen LogP contribution in [0, 0.1) is 0 Å². The maximum atomic E-state index is 11.8. The summed E-state index contributed by atoms with van der Waals surface area (Å²) in [5, 5.41) is 11.9. The molecule has 0 radical (unpaired) electrons. The fraction of sp³-hybridized carbons (Fsp3) is 0.250. The minimum atomic E-state index is -0.319. The molecule has 2 heterocycles. The number of pyridine rings is 1. The molecule has 0 bridgehead atoms. The van der Waals surface area contributed by atoms with Gasteiger partial charge in [-0.3, -0.25) is 9.20 Å². The lowest BCUT2D eigenvalue weighted by atomic mass is 10.4. The summed E-state index contributed by atoms with van der Waals surface area (Å²) in [5.74, 6) is -0.0974. The lowest BCUT2D eigenvalue weighted by Gasteiger charge is -2.09. The lowest BCUT2D eigenvalue weighted by Crippen LogP contribution is -2.30. The van der Waals surface area contributed by atoms with Gasteiger partial charge in [-0.1, -0.05) is 41.0 Å². The molecule has 2 aromatic rings. The van der Waals surface area contributed by atoms with Crippen molar-refractivity contribution in [3.8, 4) is 0 Å². The second-order valence-electron chi connectivity index (χ2n) is 3.98. The predicted octanol–water partition coefficient (Wildman–Crippen LogP) is 2.82. The van der Waals surface area contributed by atoms with Gasteiger partial charge in [0.15, 0.2) is 10.8 Å². The third-order valence-electron chi connectivity index (χ3n) is 2.47. The van der Waals surface area contributed by atoms with Gasteiger partial charge in [-0.15, -0.1) is 16.8 Å². The average Bonchev–Trinajstić information content (AvgIpc) is 2.79. The molecule has 0 aliphatic carbocycles. The van der Waals surface area contributed by atoms with E-state index in [4.69, 9.17) is 23.2 Å². The number of halogens is 2. The maximum absolute atomic E-state index is 11.8. The molecule has 0 fully saturated rings. The number of rotatable bonds is 5. The third-order valence-corrected chi connectivity index (χ3v) is 4.01. The number of hydrogen-bond acceptors (Lipinski definition) is 4. The average molecular weight is 331 g/mol. The van der Waals surface area contributed by atoms with Crippen molar-refractivity contribution in [1.29, 1.82) is 0 Å². The van der Waals surface area contributed by atoms with Crippen LogP contribution in [0.1, 0.15) is 6.92 Å². The molecule has 106 valence electrons. The van der Waals surface area contributed by atoms with Gasteiger partial charge in [-0.25, -0.2) is 0 Å². The largest absolute Gasteiger partial charge is 0.352 e. The van der Waals surface area contributed by atoms with Crippen molar-refractivity contribution < 1.29 is 4.79 Å². The van der Waals surface area contributed by atoms with Crippen molar-refractivity contribution >= 4 is 46.5 Å². The first-order valence-electron chi connectivity index (χ1n) is 5.78. The van der Waals surface area contributed by atoms with Crippen molar-refractivity contribution in [2.45, 2.75) is 17.3 Å². The SMILES string of the molecule is C=CCNC(=O)[C@H](C)Sc1nnc2c(Cl)cc(Cl)cn12. The molecule has 2 rings (SSSR count). The molecule has 8 heteroatoms. The highest BCUT2D eigenvalue weighted by atomic mass is 35.5. The lowest BCUT2D eigenvalue weighted by molar-refractivity contribution is -0.120.